The first-order chi connectivity index (χ1) is 25.2. The Hall–Kier alpha value is -5.66. The maximum atomic E-state index is 2.45. The number of unbranched alkanes of at least 4 members (excludes halogenated alkanes) is 2. The van der Waals surface area contributed by atoms with Gasteiger partial charge in [0.05, 0.1) is 5.69 Å². The summed E-state index contributed by atoms with van der Waals surface area (Å²) in [6.45, 7) is 4.52. The molecule has 0 fully saturated rings. The number of fused-ring (bicyclic) bond motifs is 4. The smallest absolute Gasteiger partial charge is 0.0546 e. The maximum Gasteiger partial charge on any atom is 0.0546 e. The first kappa shape index (κ1) is 32.5. The molecular formula is C50H45N. The predicted molar refractivity (Wildman–Crippen MR) is 222 cm³/mol. The first-order valence-corrected chi connectivity index (χ1v) is 18.7. The van der Waals surface area contributed by atoms with Crippen LogP contribution >= 0.6 is 0 Å². The van der Waals surface area contributed by atoms with Gasteiger partial charge in [-0.25, -0.2) is 0 Å². The largest absolute Gasteiger partial charge is 0.310 e. The summed E-state index contributed by atoms with van der Waals surface area (Å²) in [5.41, 5.74) is 11.2. The Bertz CT molecular complexity index is 2440. The molecule has 0 aliphatic heterocycles. The number of hydrogen-bond acceptors (Lipinski definition) is 1. The van der Waals surface area contributed by atoms with Crippen molar-refractivity contribution in [3.8, 4) is 22.3 Å². The van der Waals surface area contributed by atoms with Gasteiger partial charge in [0.25, 0.3) is 0 Å². The highest BCUT2D eigenvalue weighted by molar-refractivity contribution is 6.14. The highest BCUT2D eigenvalue weighted by Crippen LogP contribution is 2.43. The van der Waals surface area contributed by atoms with E-state index in [1.807, 2.05) is 0 Å². The summed E-state index contributed by atoms with van der Waals surface area (Å²) in [5.74, 6) is 0. The molecule has 0 aliphatic carbocycles. The molecule has 0 unspecified atom stereocenters. The van der Waals surface area contributed by atoms with Crippen molar-refractivity contribution < 1.29 is 0 Å². The number of nitrogens with zero attached hydrogens (tertiary/aromatic N) is 1. The summed E-state index contributed by atoms with van der Waals surface area (Å²) in [6.07, 6.45) is 7.13. The van der Waals surface area contributed by atoms with Crippen LogP contribution < -0.4 is 4.90 Å². The Labute approximate surface area is 302 Å². The molecule has 8 aromatic carbocycles. The first-order valence-electron chi connectivity index (χ1n) is 18.7. The van der Waals surface area contributed by atoms with E-state index in [1.54, 1.807) is 0 Å². The standard InChI is InChI=1S/C50H45N/c1-3-5-13-36-21-23-43-33-42(26-25-41(43)31-36)39-27-29-45(30-28-39)51(46-18-12-17-40(34-46)38-15-8-7-9-16-38)50-35-44-24-22-37(14-6-4-2)32-49(44)47-19-10-11-20-48(47)50/h7-12,15-35H,3-6,13-14H2,1-2H3. The summed E-state index contributed by atoms with van der Waals surface area (Å²) in [4.78, 5) is 2.45. The Morgan fingerprint density at radius 1 is 0.373 bits per heavy atom. The van der Waals surface area contributed by atoms with Crippen molar-refractivity contribution in [2.24, 2.45) is 0 Å². The minimum atomic E-state index is 1.12. The van der Waals surface area contributed by atoms with E-state index in [1.165, 1.54) is 97.1 Å². The lowest BCUT2D eigenvalue weighted by atomic mass is 9.95. The Kier molecular flexibility index (Phi) is 9.36. The average molecular weight is 660 g/mol. The third kappa shape index (κ3) is 6.77. The van der Waals surface area contributed by atoms with Crippen molar-refractivity contribution in [2.45, 2.75) is 52.4 Å². The van der Waals surface area contributed by atoms with Crippen LogP contribution in [0.3, 0.4) is 0 Å². The Balaban J connectivity index is 1.25. The van der Waals surface area contributed by atoms with Gasteiger partial charge in [0.15, 0.2) is 0 Å². The second-order valence-electron chi connectivity index (χ2n) is 13.9. The second-order valence-corrected chi connectivity index (χ2v) is 13.9. The van der Waals surface area contributed by atoms with Crippen molar-refractivity contribution in [3.63, 3.8) is 0 Å². The van der Waals surface area contributed by atoms with Crippen LogP contribution in [0.2, 0.25) is 0 Å². The molecule has 0 atom stereocenters. The van der Waals surface area contributed by atoms with Crippen molar-refractivity contribution in [1.82, 2.24) is 0 Å². The van der Waals surface area contributed by atoms with E-state index in [9.17, 15) is 0 Å². The molecule has 8 aromatic rings. The maximum absolute atomic E-state index is 2.45. The topological polar surface area (TPSA) is 3.24 Å². The molecule has 0 heterocycles. The zero-order valence-corrected chi connectivity index (χ0v) is 29.8. The van der Waals surface area contributed by atoms with Crippen LogP contribution in [0, 0.1) is 0 Å². The zero-order valence-electron chi connectivity index (χ0n) is 29.8. The summed E-state index contributed by atoms with van der Waals surface area (Å²) < 4.78 is 0. The lowest BCUT2D eigenvalue weighted by Gasteiger charge is -2.28. The molecule has 0 bridgehead atoms. The second kappa shape index (κ2) is 14.7. The molecule has 250 valence electrons. The van der Waals surface area contributed by atoms with Crippen LogP contribution in [0.4, 0.5) is 17.1 Å². The molecule has 8 rings (SSSR count). The average Bonchev–Trinajstić information content (AvgIpc) is 3.20. The van der Waals surface area contributed by atoms with E-state index >= 15 is 0 Å². The minimum Gasteiger partial charge on any atom is -0.310 e. The SMILES string of the molecule is CCCCc1ccc2cc(-c3ccc(N(c4cccc(-c5ccccc5)c4)c4cc5ccc(CCCC)cc5c5ccccc45)cc3)ccc2c1. The minimum absolute atomic E-state index is 1.12. The number of benzene rings is 8. The number of anilines is 3. The molecular weight excluding hydrogens is 615 g/mol. The Morgan fingerprint density at radius 2 is 0.961 bits per heavy atom. The predicted octanol–water partition coefficient (Wildman–Crippen LogP) is 14.6. The molecule has 51 heavy (non-hydrogen) atoms. The van der Waals surface area contributed by atoms with Gasteiger partial charge in [0.1, 0.15) is 0 Å². The van der Waals surface area contributed by atoms with Gasteiger partial charge < -0.3 is 4.90 Å². The zero-order chi connectivity index (χ0) is 34.6. The number of hydrogen-bond donors (Lipinski definition) is 0. The van der Waals surface area contributed by atoms with Gasteiger partial charge in [-0.1, -0.05) is 154 Å². The summed E-state index contributed by atoms with van der Waals surface area (Å²) in [7, 11) is 0. The summed E-state index contributed by atoms with van der Waals surface area (Å²) in [6, 6.07) is 61.0. The fourth-order valence-corrected chi connectivity index (χ4v) is 7.55. The molecule has 1 heteroatoms. The Morgan fingerprint density at radius 3 is 1.73 bits per heavy atom. The van der Waals surface area contributed by atoms with E-state index in [-0.39, 0.29) is 0 Å². The molecule has 0 saturated carbocycles. The fraction of sp³-hybridized carbons (Fsp3) is 0.160. The molecule has 0 amide bonds. The third-order valence-electron chi connectivity index (χ3n) is 10.4. The molecule has 1 nitrogen and oxygen atoms in total. The van der Waals surface area contributed by atoms with E-state index in [0.717, 1.165) is 24.2 Å². The summed E-state index contributed by atoms with van der Waals surface area (Å²) in [5, 5.41) is 7.73. The molecule has 0 saturated heterocycles. The van der Waals surface area contributed by atoms with Gasteiger partial charge in [0, 0.05) is 16.8 Å². The van der Waals surface area contributed by atoms with Crippen LogP contribution in [0.15, 0.2) is 164 Å². The molecule has 0 aliphatic rings. The quantitative estimate of drug-likeness (QED) is 0.125. The van der Waals surface area contributed by atoms with Gasteiger partial charge in [-0.05, 0) is 122 Å². The van der Waals surface area contributed by atoms with Crippen LogP contribution in [0.5, 0.6) is 0 Å². The molecule has 0 spiro atoms. The van der Waals surface area contributed by atoms with Gasteiger partial charge in [-0.3, -0.25) is 0 Å². The van der Waals surface area contributed by atoms with Gasteiger partial charge in [-0.2, -0.15) is 0 Å². The lowest BCUT2D eigenvalue weighted by molar-refractivity contribution is 0.796. The van der Waals surface area contributed by atoms with Crippen molar-refractivity contribution >= 4 is 49.4 Å². The van der Waals surface area contributed by atoms with Crippen molar-refractivity contribution in [2.75, 3.05) is 4.90 Å². The van der Waals surface area contributed by atoms with E-state index < -0.39 is 0 Å². The van der Waals surface area contributed by atoms with E-state index in [2.05, 4.69) is 183 Å². The van der Waals surface area contributed by atoms with Crippen LogP contribution in [0.1, 0.15) is 50.7 Å². The van der Waals surface area contributed by atoms with Gasteiger partial charge in [-0.15, -0.1) is 0 Å². The van der Waals surface area contributed by atoms with E-state index in [0.29, 0.717) is 0 Å². The molecule has 0 N–H and O–H groups in total. The fourth-order valence-electron chi connectivity index (χ4n) is 7.55. The third-order valence-corrected chi connectivity index (χ3v) is 10.4. The van der Waals surface area contributed by atoms with Crippen LogP contribution in [-0.2, 0) is 12.8 Å². The van der Waals surface area contributed by atoms with E-state index in [4.69, 9.17) is 0 Å². The highest BCUT2D eigenvalue weighted by Gasteiger charge is 2.18. The van der Waals surface area contributed by atoms with Crippen LogP contribution in [0.25, 0.3) is 54.6 Å². The van der Waals surface area contributed by atoms with Gasteiger partial charge in [0.2, 0.25) is 0 Å². The highest BCUT2D eigenvalue weighted by atomic mass is 15.1. The summed E-state index contributed by atoms with van der Waals surface area (Å²) >= 11 is 0. The monoisotopic (exact) mass is 659 g/mol. The molecule has 0 radical (unpaired) electrons. The van der Waals surface area contributed by atoms with Crippen LogP contribution in [-0.4, -0.2) is 0 Å². The lowest BCUT2D eigenvalue weighted by Crippen LogP contribution is -2.11. The van der Waals surface area contributed by atoms with Gasteiger partial charge >= 0.3 is 0 Å². The van der Waals surface area contributed by atoms with Crippen molar-refractivity contribution in [3.05, 3.63) is 175 Å². The molecule has 0 aromatic heterocycles. The normalized spacial score (nSPS) is 11.4. The number of aryl methyl sites for hydroxylation is 2. The van der Waals surface area contributed by atoms with Crippen molar-refractivity contribution in [1.29, 1.82) is 0 Å². The number of rotatable bonds is 11.